The maximum Gasteiger partial charge on any atom is 0.241 e. The molecule has 0 bridgehead atoms. The second-order valence-corrected chi connectivity index (χ2v) is 4.21. The van der Waals surface area contributed by atoms with Crippen molar-refractivity contribution < 1.29 is 9.59 Å². The van der Waals surface area contributed by atoms with Gasteiger partial charge < -0.3 is 0 Å². The summed E-state index contributed by atoms with van der Waals surface area (Å²) in [5.41, 5.74) is 0. The molecule has 0 aromatic rings. The lowest BCUT2D eigenvalue weighted by molar-refractivity contribution is -0.134. The summed E-state index contributed by atoms with van der Waals surface area (Å²) in [4.78, 5) is 23.6. The predicted octanol–water partition coefficient (Wildman–Crippen LogP) is 1.68. The molecule has 0 spiro atoms. The van der Waals surface area contributed by atoms with E-state index in [1.165, 1.54) is 19.3 Å². The van der Waals surface area contributed by atoms with E-state index in [9.17, 15) is 9.59 Å². The summed E-state index contributed by atoms with van der Waals surface area (Å²) in [6.45, 7) is 0. The normalized spacial score (nSPS) is 22.8. The van der Waals surface area contributed by atoms with Gasteiger partial charge in [0.15, 0.2) is 0 Å². The Bertz CT molecular complexity index is 315. The van der Waals surface area contributed by atoms with E-state index >= 15 is 0 Å². The first-order chi connectivity index (χ1) is 7.27. The highest BCUT2D eigenvalue weighted by Crippen LogP contribution is 2.22. The molecule has 1 saturated heterocycles. The zero-order chi connectivity index (χ0) is 10.7. The highest BCUT2D eigenvalue weighted by Gasteiger charge is 2.27. The van der Waals surface area contributed by atoms with Crippen LogP contribution in [0.25, 0.3) is 0 Å². The highest BCUT2D eigenvalue weighted by molar-refractivity contribution is 6.03. The summed E-state index contributed by atoms with van der Waals surface area (Å²) < 4.78 is 0. The van der Waals surface area contributed by atoms with Gasteiger partial charge in [0.05, 0.1) is 0 Å². The molecule has 15 heavy (non-hydrogen) atoms. The van der Waals surface area contributed by atoms with E-state index in [-0.39, 0.29) is 11.8 Å². The van der Waals surface area contributed by atoms with Gasteiger partial charge in [0, 0.05) is 24.8 Å². The smallest absolute Gasteiger partial charge is 0.241 e. The molecule has 2 rings (SSSR count). The van der Waals surface area contributed by atoms with Crippen LogP contribution in [0.5, 0.6) is 0 Å². The number of imide groups is 1. The van der Waals surface area contributed by atoms with Gasteiger partial charge in [-0.15, -0.1) is 0 Å². The van der Waals surface area contributed by atoms with Crippen LogP contribution in [0.2, 0.25) is 0 Å². The number of hydrogen-bond donors (Lipinski definition) is 0. The predicted molar refractivity (Wildman–Crippen MR) is 55.4 cm³/mol. The van der Waals surface area contributed by atoms with E-state index in [0.717, 1.165) is 17.7 Å². The van der Waals surface area contributed by atoms with E-state index in [2.05, 4.69) is 12.0 Å². The van der Waals surface area contributed by atoms with Crippen LogP contribution in [-0.2, 0) is 9.59 Å². The van der Waals surface area contributed by atoms with Crippen LogP contribution in [0.3, 0.4) is 0 Å². The highest BCUT2D eigenvalue weighted by atomic mass is 16.2. The zero-order valence-electron chi connectivity index (χ0n) is 8.79. The van der Waals surface area contributed by atoms with Crippen LogP contribution in [0.4, 0.5) is 0 Å². The van der Waals surface area contributed by atoms with Crippen molar-refractivity contribution in [2.24, 2.45) is 5.92 Å². The van der Waals surface area contributed by atoms with Gasteiger partial charge in [0.1, 0.15) is 0 Å². The number of amides is 2. The largest absolute Gasteiger partial charge is 0.273 e. The summed E-state index contributed by atoms with van der Waals surface area (Å²) >= 11 is 0. The van der Waals surface area contributed by atoms with E-state index < -0.39 is 0 Å². The van der Waals surface area contributed by atoms with Crippen molar-refractivity contribution in [3.63, 3.8) is 0 Å². The first-order valence-electron chi connectivity index (χ1n) is 5.64. The SMILES string of the molecule is O=C1CCC(=O)N1C#CC1CCCCC1. The van der Waals surface area contributed by atoms with Crippen LogP contribution < -0.4 is 0 Å². The molecule has 2 amide bonds. The van der Waals surface area contributed by atoms with Gasteiger partial charge in [0.25, 0.3) is 0 Å². The van der Waals surface area contributed by atoms with Crippen molar-refractivity contribution in [1.82, 2.24) is 4.90 Å². The molecule has 3 heteroatoms. The fourth-order valence-electron chi connectivity index (χ4n) is 2.10. The summed E-state index contributed by atoms with van der Waals surface area (Å²) in [5.74, 6) is 3.18. The Morgan fingerprint density at radius 3 is 2.20 bits per heavy atom. The summed E-state index contributed by atoms with van der Waals surface area (Å²) in [6, 6.07) is 2.74. The van der Waals surface area contributed by atoms with Crippen molar-refractivity contribution in [2.45, 2.75) is 44.9 Å². The van der Waals surface area contributed by atoms with E-state index in [0.29, 0.717) is 18.8 Å². The maximum atomic E-state index is 11.3. The molecule has 2 fully saturated rings. The molecule has 0 unspecified atom stereocenters. The molecule has 3 nitrogen and oxygen atoms in total. The van der Waals surface area contributed by atoms with Crippen molar-refractivity contribution in [2.75, 3.05) is 0 Å². The lowest BCUT2D eigenvalue weighted by Crippen LogP contribution is -2.23. The quantitative estimate of drug-likeness (QED) is 0.445. The number of carbonyl (C=O) groups is 2. The van der Waals surface area contributed by atoms with Crippen molar-refractivity contribution in [1.29, 1.82) is 0 Å². The minimum atomic E-state index is -0.136. The topological polar surface area (TPSA) is 37.4 Å². The molecule has 0 radical (unpaired) electrons. The van der Waals surface area contributed by atoms with Gasteiger partial charge >= 0.3 is 0 Å². The Balaban J connectivity index is 1.97. The Kier molecular flexibility index (Phi) is 3.05. The third-order valence-corrected chi connectivity index (χ3v) is 3.04. The molecule has 80 valence electrons. The maximum absolute atomic E-state index is 11.3. The second-order valence-electron chi connectivity index (χ2n) is 4.21. The lowest BCUT2D eigenvalue weighted by atomic mass is 9.90. The molecule has 1 saturated carbocycles. The molecule has 2 aliphatic rings. The Morgan fingerprint density at radius 2 is 1.60 bits per heavy atom. The number of likely N-dealkylation sites (tertiary alicyclic amines) is 1. The van der Waals surface area contributed by atoms with Crippen molar-refractivity contribution >= 4 is 11.8 Å². The molecule has 0 aromatic carbocycles. The number of hydrogen-bond acceptors (Lipinski definition) is 2. The average molecular weight is 205 g/mol. The van der Waals surface area contributed by atoms with Gasteiger partial charge in [-0.3, -0.25) is 9.59 Å². The number of rotatable bonds is 0. The molecule has 0 aromatic heterocycles. The molecule has 0 N–H and O–H groups in total. The van der Waals surface area contributed by atoms with Crippen LogP contribution >= 0.6 is 0 Å². The van der Waals surface area contributed by atoms with Crippen molar-refractivity contribution in [3.8, 4) is 12.0 Å². The molecule has 1 heterocycles. The molecule has 0 atom stereocenters. The van der Waals surface area contributed by atoms with Crippen LogP contribution in [0.15, 0.2) is 0 Å². The third kappa shape index (κ3) is 2.38. The number of nitrogens with zero attached hydrogens (tertiary/aromatic N) is 1. The number of carbonyl (C=O) groups excluding carboxylic acids is 2. The first kappa shape index (κ1) is 10.2. The third-order valence-electron chi connectivity index (χ3n) is 3.04. The Labute approximate surface area is 89.8 Å². The Hall–Kier alpha value is -1.30. The standard InChI is InChI=1S/C12H15NO2/c14-11-6-7-12(15)13(11)9-8-10-4-2-1-3-5-10/h10H,1-7H2. The van der Waals surface area contributed by atoms with Crippen LogP contribution in [0, 0.1) is 17.9 Å². The summed E-state index contributed by atoms with van der Waals surface area (Å²) in [6.07, 6.45) is 6.63. The fourth-order valence-corrected chi connectivity index (χ4v) is 2.10. The van der Waals surface area contributed by atoms with Gasteiger partial charge in [0.2, 0.25) is 11.8 Å². The second kappa shape index (κ2) is 4.48. The Morgan fingerprint density at radius 1 is 1.00 bits per heavy atom. The first-order valence-corrected chi connectivity index (χ1v) is 5.64. The van der Waals surface area contributed by atoms with Crippen LogP contribution in [-0.4, -0.2) is 16.7 Å². The fraction of sp³-hybridized carbons (Fsp3) is 0.667. The lowest BCUT2D eigenvalue weighted by Gasteiger charge is -2.15. The van der Waals surface area contributed by atoms with E-state index in [1.54, 1.807) is 0 Å². The van der Waals surface area contributed by atoms with E-state index in [1.807, 2.05) is 0 Å². The van der Waals surface area contributed by atoms with Gasteiger partial charge in [-0.2, -0.15) is 0 Å². The average Bonchev–Trinajstić information content (AvgIpc) is 2.58. The minimum Gasteiger partial charge on any atom is -0.273 e. The molecular weight excluding hydrogens is 190 g/mol. The minimum absolute atomic E-state index is 0.136. The summed E-state index contributed by atoms with van der Waals surface area (Å²) in [5, 5.41) is 0. The van der Waals surface area contributed by atoms with Gasteiger partial charge in [-0.25, -0.2) is 4.90 Å². The monoisotopic (exact) mass is 205 g/mol. The van der Waals surface area contributed by atoms with Gasteiger partial charge in [-0.1, -0.05) is 25.2 Å². The van der Waals surface area contributed by atoms with Gasteiger partial charge in [-0.05, 0) is 12.8 Å². The summed E-state index contributed by atoms with van der Waals surface area (Å²) in [7, 11) is 0. The van der Waals surface area contributed by atoms with Crippen molar-refractivity contribution in [3.05, 3.63) is 0 Å². The van der Waals surface area contributed by atoms with Crippen LogP contribution in [0.1, 0.15) is 44.9 Å². The van der Waals surface area contributed by atoms with E-state index in [4.69, 9.17) is 0 Å². The molecule has 1 aliphatic carbocycles. The molecular formula is C12H15NO2. The zero-order valence-corrected chi connectivity index (χ0v) is 8.79. The molecule has 1 aliphatic heterocycles.